The van der Waals surface area contributed by atoms with Crippen molar-refractivity contribution in [3.63, 3.8) is 0 Å². The van der Waals surface area contributed by atoms with Crippen molar-refractivity contribution in [2.24, 2.45) is 0 Å². The Balaban J connectivity index is 0. The van der Waals surface area contributed by atoms with Gasteiger partial charge in [0.1, 0.15) is 0 Å². The van der Waals surface area contributed by atoms with Crippen LogP contribution in [0.3, 0.4) is 0 Å². The molecule has 96 valence electrons. The van der Waals surface area contributed by atoms with Crippen LogP contribution in [0.25, 0.3) is 0 Å². The summed E-state index contributed by atoms with van der Waals surface area (Å²) in [5, 5.41) is 0. The summed E-state index contributed by atoms with van der Waals surface area (Å²) in [5.41, 5.74) is 2.79. The summed E-state index contributed by atoms with van der Waals surface area (Å²) in [5.74, 6) is 0. The summed E-state index contributed by atoms with van der Waals surface area (Å²) in [6, 6.07) is 0. The Hall–Kier alpha value is -0.520. The molecule has 0 heteroatoms. The Kier molecular flexibility index (Phi) is 16.2. The normalized spacial score (nSPS) is 9.25. The van der Waals surface area contributed by atoms with E-state index >= 15 is 0 Å². The summed E-state index contributed by atoms with van der Waals surface area (Å²) in [4.78, 5) is 0. The van der Waals surface area contributed by atoms with Crippen molar-refractivity contribution in [1.82, 2.24) is 0 Å². The molecule has 0 saturated heterocycles. The highest BCUT2D eigenvalue weighted by Crippen LogP contribution is 2.07. The van der Waals surface area contributed by atoms with E-state index in [2.05, 4.69) is 40.9 Å². The average molecular weight is 224 g/mol. The van der Waals surface area contributed by atoms with E-state index in [9.17, 15) is 0 Å². The fourth-order valence-electron chi connectivity index (χ4n) is 1.21. The largest absolute Gasteiger partial charge is 0.0999 e. The zero-order valence-electron chi connectivity index (χ0n) is 12.1. The van der Waals surface area contributed by atoms with Crippen LogP contribution in [0.1, 0.15) is 79.1 Å². The van der Waals surface area contributed by atoms with Gasteiger partial charge in [-0.3, -0.25) is 0 Å². The van der Waals surface area contributed by atoms with Crippen molar-refractivity contribution in [2.45, 2.75) is 79.1 Å². The van der Waals surface area contributed by atoms with Gasteiger partial charge in [0.05, 0.1) is 0 Å². The summed E-state index contributed by atoms with van der Waals surface area (Å²) in [7, 11) is 0. The van der Waals surface area contributed by atoms with E-state index in [0.717, 1.165) is 12.8 Å². The number of hydrogen-bond acceptors (Lipinski definition) is 0. The SMILES string of the molecule is C=C(CC)CCCC.C=C(CC)CCCC. The lowest BCUT2D eigenvalue weighted by Crippen LogP contribution is -1.76. The monoisotopic (exact) mass is 224 g/mol. The van der Waals surface area contributed by atoms with Crippen LogP contribution in [0.2, 0.25) is 0 Å². The minimum absolute atomic E-state index is 1.15. The summed E-state index contributed by atoms with van der Waals surface area (Å²) < 4.78 is 0. The second kappa shape index (κ2) is 14.5. The maximum atomic E-state index is 3.91. The van der Waals surface area contributed by atoms with Gasteiger partial charge in [0.15, 0.2) is 0 Å². The molecule has 0 aliphatic carbocycles. The van der Waals surface area contributed by atoms with E-state index in [1.165, 1.54) is 49.7 Å². The van der Waals surface area contributed by atoms with E-state index in [1.807, 2.05) is 0 Å². The van der Waals surface area contributed by atoms with Gasteiger partial charge in [-0.1, -0.05) is 64.8 Å². The van der Waals surface area contributed by atoms with Crippen LogP contribution >= 0.6 is 0 Å². The molecule has 0 atom stereocenters. The maximum absolute atomic E-state index is 3.91. The lowest BCUT2D eigenvalue weighted by molar-refractivity contribution is 0.769. The van der Waals surface area contributed by atoms with Crippen LogP contribution in [-0.4, -0.2) is 0 Å². The first-order chi connectivity index (χ1) is 7.62. The third-order valence-corrected chi connectivity index (χ3v) is 2.77. The van der Waals surface area contributed by atoms with Gasteiger partial charge in [0.2, 0.25) is 0 Å². The second-order valence-electron chi connectivity index (χ2n) is 4.41. The number of rotatable bonds is 8. The number of unbranched alkanes of at least 4 members (excludes halogenated alkanes) is 2. The zero-order chi connectivity index (χ0) is 12.8. The Bertz CT molecular complexity index is 145. The third kappa shape index (κ3) is 15.9. The van der Waals surface area contributed by atoms with Crippen LogP contribution in [0.15, 0.2) is 24.3 Å². The second-order valence-corrected chi connectivity index (χ2v) is 4.41. The molecule has 0 unspecified atom stereocenters. The molecule has 0 aromatic carbocycles. The molecule has 0 heterocycles. The van der Waals surface area contributed by atoms with Gasteiger partial charge in [0, 0.05) is 0 Å². The van der Waals surface area contributed by atoms with Crippen molar-refractivity contribution >= 4 is 0 Å². The van der Waals surface area contributed by atoms with Crippen molar-refractivity contribution in [2.75, 3.05) is 0 Å². The predicted octanol–water partition coefficient (Wildman–Crippen LogP) is 6.29. The van der Waals surface area contributed by atoms with Crippen LogP contribution in [0.5, 0.6) is 0 Å². The lowest BCUT2D eigenvalue weighted by atomic mass is 10.1. The molecular weight excluding hydrogens is 192 g/mol. The molecule has 0 spiro atoms. The van der Waals surface area contributed by atoms with Crippen LogP contribution in [-0.2, 0) is 0 Å². The third-order valence-electron chi connectivity index (χ3n) is 2.77. The summed E-state index contributed by atoms with van der Waals surface area (Å²) in [6.07, 6.45) is 9.97. The van der Waals surface area contributed by atoms with Crippen LogP contribution < -0.4 is 0 Å². The summed E-state index contributed by atoms with van der Waals surface area (Å²) >= 11 is 0. The molecule has 0 fully saturated rings. The molecule has 0 rings (SSSR count). The van der Waals surface area contributed by atoms with Gasteiger partial charge in [0.25, 0.3) is 0 Å². The highest BCUT2D eigenvalue weighted by Gasteiger charge is 1.87. The molecular formula is C16H32. The Labute approximate surface area is 104 Å². The topological polar surface area (TPSA) is 0 Å². The average Bonchev–Trinajstić information content (AvgIpc) is 2.33. The number of allylic oxidation sites excluding steroid dienone is 2. The van der Waals surface area contributed by atoms with Crippen molar-refractivity contribution in [3.8, 4) is 0 Å². The predicted molar refractivity (Wildman–Crippen MR) is 77.9 cm³/mol. The molecule has 0 amide bonds. The highest BCUT2D eigenvalue weighted by molar-refractivity contribution is 4.92. The van der Waals surface area contributed by atoms with Crippen LogP contribution in [0, 0.1) is 0 Å². The van der Waals surface area contributed by atoms with E-state index < -0.39 is 0 Å². The molecule has 0 aromatic rings. The van der Waals surface area contributed by atoms with E-state index in [4.69, 9.17) is 0 Å². The molecule has 0 nitrogen and oxygen atoms in total. The Morgan fingerprint density at radius 2 is 1.00 bits per heavy atom. The van der Waals surface area contributed by atoms with Crippen LogP contribution in [0.4, 0.5) is 0 Å². The van der Waals surface area contributed by atoms with Gasteiger partial charge in [-0.25, -0.2) is 0 Å². The first kappa shape index (κ1) is 17.9. The minimum atomic E-state index is 1.15. The maximum Gasteiger partial charge on any atom is -0.0323 e. The molecule has 0 saturated carbocycles. The number of hydrogen-bond donors (Lipinski definition) is 0. The van der Waals surface area contributed by atoms with E-state index in [0.29, 0.717) is 0 Å². The summed E-state index contributed by atoms with van der Waals surface area (Å²) in [6.45, 7) is 16.6. The minimum Gasteiger partial charge on any atom is -0.0999 e. The first-order valence-corrected chi connectivity index (χ1v) is 6.95. The van der Waals surface area contributed by atoms with Gasteiger partial charge < -0.3 is 0 Å². The Morgan fingerprint density at radius 1 is 0.688 bits per heavy atom. The van der Waals surface area contributed by atoms with Gasteiger partial charge in [-0.2, -0.15) is 0 Å². The molecule has 16 heavy (non-hydrogen) atoms. The molecule has 0 bridgehead atoms. The Morgan fingerprint density at radius 3 is 1.19 bits per heavy atom. The molecule has 0 N–H and O–H groups in total. The lowest BCUT2D eigenvalue weighted by Gasteiger charge is -1.97. The zero-order valence-corrected chi connectivity index (χ0v) is 12.1. The highest BCUT2D eigenvalue weighted by atomic mass is 13.9. The van der Waals surface area contributed by atoms with Crippen molar-refractivity contribution in [1.29, 1.82) is 0 Å². The van der Waals surface area contributed by atoms with Crippen molar-refractivity contribution in [3.05, 3.63) is 24.3 Å². The molecule has 0 aliphatic heterocycles. The molecule has 0 radical (unpaired) electrons. The van der Waals surface area contributed by atoms with E-state index in [1.54, 1.807) is 0 Å². The first-order valence-electron chi connectivity index (χ1n) is 6.95. The van der Waals surface area contributed by atoms with Gasteiger partial charge in [-0.05, 0) is 38.5 Å². The quantitative estimate of drug-likeness (QED) is 0.425. The fourth-order valence-corrected chi connectivity index (χ4v) is 1.21. The van der Waals surface area contributed by atoms with E-state index in [-0.39, 0.29) is 0 Å². The van der Waals surface area contributed by atoms with Gasteiger partial charge in [-0.15, -0.1) is 0 Å². The standard InChI is InChI=1S/2C8H16/c2*1-4-6-7-8(3)5-2/h2*3-7H2,1-2H3. The smallest absolute Gasteiger partial charge is 0.0323 e. The fraction of sp³-hybridized carbons (Fsp3) is 0.750. The molecule has 0 aliphatic rings. The van der Waals surface area contributed by atoms with Gasteiger partial charge >= 0.3 is 0 Å². The molecule has 0 aromatic heterocycles. The van der Waals surface area contributed by atoms with Crippen molar-refractivity contribution < 1.29 is 0 Å².